The molecule has 1 spiro atoms. The van der Waals surface area contributed by atoms with Crippen LogP contribution in [0.2, 0.25) is 0 Å². The number of aromatic nitrogens is 6. The van der Waals surface area contributed by atoms with Crippen LogP contribution in [0.25, 0.3) is 11.4 Å². The third-order valence-electron chi connectivity index (χ3n) is 10.4. The molecule has 270 valence electrons. The number of hydrogen-bond acceptors (Lipinski definition) is 9. The Balaban J connectivity index is 1.15. The second-order valence-corrected chi connectivity index (χ2v) is 15.9. The molecule has 0 unspecified atom stereocenters. The van der Waals surface area contributed by atoms with Crippen LogP contribution in [0.15, 0.2) is 46.4 Å². The highest BCUT2D eigenvalue weighted by atomic mass is 32.5. The number of nitrogens with zero attached hydrogens (tertiary/aromatic N) is 7. The van der Waals surface area contributed by atoms with Crippen molar-refractivity contribution in [2.75, 3.05) is 31.6 Å². The molecule has 2 aliphatic heterocycles. The molecular formula is C32H31F5N8O5S. The van der Waals surface area contributed by atoms with Crippen molar-refractivity contribution in [2.45, 2.75) is 55.4 Å². The predicted octanol–water partition coefficient (Wildman–Crippen LogP) is 5.09. The van der Waals surface area contributed by atoms with Crippen molar-refractivity contribution in [3.63, 3.8) is 0 Å². The lowest BCUT2D eigenvalue weighted by Crippen LogP contribution is -2.48. The minimum absolute atomic E-state index is 0.0470. The Kier molecular flexibility index (Phi) is 6.89. The van der Waals surface area contributed by atoms with Crippen molar-refractivity contribution >= 4 is 39.1 Å². The lowest BCUT2D eigenvalue weighted by Gasteiger charge is -2.41. The Morgan fingerprint density at radius 2 is 1.82 bits per heavy atom. The quantitative estimate of drug-likeness (QED) is 0.258. The van der Waals surface area contributed by atoms with Gasteiger partial charge in [0.15, 0.2) is 17.3 Å². The molecule has 4 aromatic rings. The number of carbonyl (C=O) groups excluding carboxylic acids is 2. The topological polar surface area (TPSA) is 157 Å². The summed E-state index contributed by atoms with van der Waals surface area (Å²) in [4.78, 5) is 53.3. The maximum Gasteiger partial charge on any atom is 0.310 e. The highest BCUT2D eigenvalue weighted by molar-refractivity contribution is 8.45. The van der Waals surface area contributed by atoms with E-state index in [2.05, 4.69) is 25.4 Å². The van der Waals surface area contributed by atoms with E-state index in [1.807, 2.05) is 6.08 Å². The van der Waals surface area contributed by atoms with Crippen LogP contribution in [-0.2, 0) is 21.5 Å². The van der Waals surface area contributed by atoms with Gasteiger partial charge in [-0.05, 0) is 68.4 Å². The zero-order valence-corrected chi connectivity index (χ0v) is 27.8. The van der Waals surface area contributed by atoms with Gasteiger partial charge in [-0.15, -0.1) is 5.10 Å². The third kappa shape index (κ3) is 5.53. The van der Waals surface area contributed by atoms with Crippen molar-refractivity contribution in [3.8, 4) is 5.75 Å². The number of likely N-dealkylation sites (tertiary alicyclic amines) is 1. The highest BCUT2D eigenvalue weighted by Gasteiger charge is 2.66. The van der Waals surface area contributed by atoms with Crippen LogP contribution in [0.5, 0.6) is 5.75 Å². The van der Waals surface area contributed by atoms with E-state index in [9.17, 15) is 38.9 Å². The van der Waals surface area contributed by atoms with E-state index in [-0.39, 0.29) is 71.2 Å². The van der Waals surface area contributed by atoms with Crippen LogP contribution < -0.4 is 10.9 Å². The molecule has 0 bridgehead atoms. The second kappa shape index (κ2) is 10.6. The third-order valence-corrected chi connectivity index (χ3v) is 11.6. The molecule has 0 radical (unpaired) electrons. The van der Waals surface area contributed by atoms with Gasteiger partial charge in [-0.25, -0.2) is 9.97 Å². The van der Waals surface area contributed by atoms with E-state index in [0.717, 1.165) is 24.1 Å². The SMILES string of the molecule is Cc1ncnc(C(=O)N2CCC3(CC2)c2c(n(CC(=O)Nc4ccc(S(F)(F)(F)(F)F)cc4)c4nc(C5=CCOCC5)nn4c2=O)[C@H]2C[C@H]23)c1O. The minimum Gasteiger partial charge on any atom is -0.504 e. The Morgan fingerprint density at radius 1 is 1.10 bits per heavy atom. The van der Waals surface area contributed by atoms with Gasteiger partial charge >= 0.3 is 10.2 Å². The number of ether oxygens (including phenoxy) is 1. The molecule has 51 heavy (non-hydrogen) atoms. The molecule has 13 nitrogen and oxygen atoms in total. The Labute approximate surface area is 285 Å². The molecule has 2 aliphatic carbocycles. The van der Waals surface area contributed by atoms with Crippen LogP contribution in [0.3, 0.4) is 0 Å². The minimum atomic E-state index is -9.90. The summed E-state index contributed by atoms with van der Waals surface area (Å²) in [5, 5.41) is 17.5. The van der Waals surface area contributed by atoms with Crippen LogP contribution in [-0.4, -0.2) is 77.3 Å². The maximum atomic E-state index is 14.4. The fourth-order valence-corrected chi connectivity index (χ4v) is 8.53. The van der Waals surface area contributed by atoms with E-state index in [4.69, 9.17) is 4.74 Å². The summed E-state index contributed by atoms with van der Waals surface area (Å²) in [6.07, 6.45) is 5.09. The molecule has 2 amide bonds. The summed E-state index contributed by atoms with van der Waals surface area (Å²) in [6, 6.07) is 1.96. The number of carbonyl (C=O) groups is 2. The molecule has 5 heterocycles. The van der Waals surface area contributed by atoms with E-state index < -0.39 is 38.9 Å². The lowest BCUT2D eigenvalue weighted by molar-refractivity contribution is -0.116. The Morgan fingerprint density at radius 3 is 2.49 bits per heavy atom. The fraction of sp³-hybridized carbons (Fsp3) is 0.406. The molecule has 4 aliphatic rings. The lowest BCUT2D eigenvalue weighted by atomic mass is 9.71. The Bertz CT molecular complexity index is 2250. The van der Waals surface area contributed by atoms with Crippen LogP contribution >= 0.6 is 10.2 Å². The first-order valence-corrected chi connectivity index (χ1v) is 18.2. The molecule has 2 atom stereocenters. The first-order valence-electron chi connectivity index (χ1n) is 16.2. The first kappa shape index (κ1) is 33.2. The largest absolute Gasteiger partial charge is 0.504 e. The number of fused-ring (bicyclic) bond motifs is 6. The number of rotatable bonds is 6. The molecule has 19 heteroatoms. The number of hydrogen-bond donors (Lipinski definition) is 2. The zero-order valence-electron chi connectivity index (χ0n) is 27.0. The van der Waals surface area contributed by atoms with Crippen molar-refractivity contribution in [2.24, 2.45) is 5.92 Å². The standard InChI is InChI=1S/C32H31F5N8O5S/c1-17-27(47)25(39-16-38-17)30(49)43-10-8-32(9-11-43)22-14-21(22)26-24(32)29(48)45-31(41-28(42-45)18-6-12-50-13-7-18)44(26)15-23(46)40-19-2-4-20(5-3-19)51(33,34,35,36)37/h2-6,16,21-22,47H,7-15H2,1H3,(H,40,46)/t21-,22+/m0/s1. The molecule has 1 aromatic carbocycles. The highest BCUT2D eigenvalue weighted by Crippen LogP contribution is 3.02. The van der Waals surface area contributed by atoms with Crippen molar-refractivity contribution in [1.29, 1.82) is 0 Å². The second-order valence-electron chi connectivity index (χ2n) is 13.4. The van der Waals surface area contributed by atoms with Gasteiger partial charge in [0.2, 0.25) is 11.7 Å². The average Bonchev–Trinajstić information content (AvgIpc) is 3.68. The molecule has 8 rings (SSSR count). The summed E-state index contributed by atoms with van der Waals surface area (Å²) >= 11 is 0. The van der Waals surface area contributed by atoms with Gasteiger partial charge in [0, 0.05) is 41.4 Å². The van der Waals surface area contributed by atoms with Crippen LogP contribution in [0, 0.1) is 12.8 Å². The smallest absolute Gasteiger partial charge is 0.310 e. The van der Waals surface area contributed by atoms with E-state index in [0.29, 0.717) is 49.6 Å². The van der Waals surface area contributed by atoms with Gasteiger partial charge in [-0.1, -0.05) is 25.5 Å². The monoisotopic (exact) mass is 734 g/mol. The van der Waals surface area contributed by atoms with E-state index in [1.165, 1.54) is 10.8 Å². The number of benzene rings is 1. The number of anilines is 1. The number of halogens is 5. The van der Waals surface area contributed by atoms with Crippen LogP contribution in [0.1, 0.15) is 64.9 Å². The van der Waals surface area contributed by atoms with E-state index >= 15 is 0 Å². The van der Waals surface area contributed by atoms with E-state index in [1.54, 1.807) is 16.4 Å². The molecular weight excluding hydrogens is 703 g/mol. The summed E-state index contributed by atoms with van der Waals surface area (Å²) in [5.41, 5.74) is 0.870. The molecule has 2 N–H and O–H groups in total. The first-order chi connectivity index (χ1) is 23.9. The van der Waals surface area contributed by atoms with Crippen molar-refractivity contribution in [1.82, 2.24) is 34.0 Å². The van der Waals surface area contributed by atoms with Gasteiger partial charge in [0.05, 0.1) is 18.9 Å². The van der Waals surface area contributed by atoms with Crippen LogP contribution in [0.4, 0.5) is 25.1 Å². The van der Waals surface area contributed by atoms with Gasteiger partial charge < -0.3 is 24.6 Å². The zero-order chi connectivity index (χ0) is 36.1. The van der Waals surface area contributed by atoms with Gasteiger partial charge in [-0.2, -0.15) is 9.50 Å². The fourth-order valence-electron chi connectivity index (χ4n) is 7.88. The van der Waals surface area contributed by atoms with Gasteiger partial charge in [0.25, 0.3) is 11.5 Å². The molecule has 2 fully saturated rings. The Hall–Kier alpha value is -4.91. The predicted molar refractivity (Wildman–Crippen MR) is 173 cm³/mol. The number of amides is 2. The average molecular weight is 735 g/mol. The number of piperidine rings is 1. The molecule has 1 saturated heterocycles. The number of aryl methyl sites for hydroxylation is 1. The maximum absolute atomic E-state index is 14.4. The summed E-state index contributed by atoms with van der Waals surface area (Å²) in [5.74, 6) is -1.08. The number of nitrogens with one attached hydrogen (secondary N) is 1. The number of aromatic hydroxyl groups is 1. The molecule has 1 saturated carbocycles. The summed E-state index contributed by atoms with van der Waals surface area (Å²) < 4.78 is 74.5. The summed E-state index contributed by atoms with van der Waals surface area (Å²) in [7, 11) is -9.90. The normalized spacial score (nSPS) is 22.2. The van der Waals surface area contributed by atoms with Crippen molar-refractivity contribution < 1.29 is 38.9 Å². The van der Waals surface area contributed by atoms with Gasteiger partial charge in [0.1, 0.15) is 17.8 Å². The molecule has 3 aromatic heterocycles. The van der Waals surface area contributed by atoms with Crippen molar-refractivity contribution in [3.05, 3.63) is 75.5 Å². The summed E-state index contributed by atoms with van der Waals surface area (Å²) in [6.45, 7) is 2.47. The van der Waals surface area contributed by atoms with Gasteiger partial charge in [-0.3, -0.25) is 14.4 Å².